The monoisotopic (exact) mass is 304 g/mol. The van der Waals surface area contributed by atoms with Crippen molar-refractivity contribution in [2.24, 2.45) is 0 Å². The van der Waals surface area contributed by atoms with Crippen molar-refractivity contribution in [3.63, 3.8) is 0 Å². The Hall–Kier alpha value is 2.69. The van der Waals surface area contributed by atoms with Crippen molar-refractivity contribution >= 4 is 69.5 Å². The van der Waals surface area contributed by atoms with Gasteiger partial charge in [-0.25, -0.2) is 0 Å². The minimum atomic E-state index is -4.82. The summed E-state index contributed by atoms with van der Waals surface area (Å²) in [6.45, 7) is 0. The summed E-state index contributed by atoms with van der Waals surface area (Å²) in [4.78, 5) is 0. The van der Waals surface area contributed by atoms with Crippen LogP contribution in [0.15, 0.2) is 0 Å². The predicted molar refractivity (Wildman–Crippen MR) is 42.0 cm³/mol. The number of rotatable bonds is 0. The number of hydrogen-bond donors (Lipinski definition) is 0. The van der Waals surface area contributed by atoms with E-state index >= 15 is 0 Å². The van der Waals surface area contributed by atoms with E-state index in [1.165, 1.54) is 0 Å². The Morgan fingerprint density at radius 3 is 0.625 bits per heavy atom. The van der Waals surface area contributed by atoms with Crippen molar-refractivity contribution in [3.8, 4) is 0 Å². The summed E-state index contributed by atoms with van der Waals surface area (Å²) in [5, 5.41) is 0. The van der Waals surface area contributed by atoms with Crippen LogP contribution in [0.1, 0.15) is 0 Å². The van der Waals surface area contributed by atoms with Gasteiger partial charge in [0.25, 0.3) is 0 Å². The zero-order valence-corrected chi connectivity index (χ0v) is 9.39. The quantitative estimate of drug-likeness (QED) is 0.436. The van der Waals surface area contributed by atoms with Gasteiger partial charge < -0.3 is 0 Å². The average Bonchev–Trinajstić information content (AvgIpc) is 0.592. The van der Waals surface area contributed by atoms with Crippen molar-refractivity contribution in [3.05, 3.63) is 0 Å². The predicted octanol–water partition coefficient (Wildman–Crippen LogP) is 5.00. The van der Waals surface area contributed by atoms with Crippen LogP contribution in [0.25, 0.3) is 0 Å². The summed E-state index contributed by atoms with van der Waals surface area (Å²) in [5.41, 5.74) is 0. The Morgan fingerprint density at radius 1 is 0.625 bits per heavy atom. The number of hydrogen-bond acceptors (Lipinski definition) is 0. The van der Waals surface area contributed by atoms with Crippen LogP contribution >= 0.6 is 69.5 Å². The fourth-order valence-electron chi connectivity index (χ4n) is 0. The first kappa shape index (κ1) is 13.3. The van der Waals surface area contributed by atoms with Crippen molar-refractivity contribution in [2.75, 3.05) is 0 Å². The molecule has 0 N–H and O–H groups in total. The maximum absolute atomic E-state index is 5.00. The summed E-state index contributed by atoms with van der Waals surface area (Å²) in [6, 6.07) is 0. The summed E-state index contributed by atoms with van der Waals surface area (Å²) in [7, 11) is 0. The van der Waals surface area contributed by atoms with E-state index in [-0.39, 0.29) is 17.1 Å². The van der Waals surface area contributed by atoms with E-state index in [1.807, 2.05) is 0 Å². The van der Waals surface area contributed by atoms with Crippen LogP contribution in [0, 0.1) is 0 Å². The largest absolute Gasteiger partial charge is 1.00 e. The summed E-state index contributed by atoms with van der Waals surface area (Å²) < 4.78 is -4.82. The van der Waals surface area contributed by atoms with Gasteiger partial charge in [0.15, 0.2) is 0 Å². The molecule has 0 aromatic rings. The molecule has 0 aliphatic rings. The van der Waals surface area contributed by atoms with Crippen LogP contribution in [0.3, 0.4) is 0 Å². The Morgan fingerprint density at radius 2 is 0.625 bits per heavy atom. The van der Waals surface area contributed by atoms with E-state index in [9.17, 15) is 0 Å². The molecule has 0 amide bonds. The fourth-order valence-corrected chi connectivity index (χ4v) is 0. The molecule has 0 aliphatic carbocycles. The van der Waals surface area contributed by atoms with E-state index < -0.39 is 2.06 Å². The van der Waals surface area contributed by atoms with Crippen molar-refractivity contribution < 1.29 is 17.1 Å². The van der Waals surface area contributed by atoms with Gasteiger partial charge in [0, 0.05) is 0 Å². The Balaban J connectivity index is 0. The topological polar surface area (TPSA) is 0 Å². The molecule has 8 heteroatoms. The van der Waals surface area contributed by atoms with Crippen molar-refractivity contribution in [1.82, 2.24) is 0 Å². The Kier molecular flexibility index (Phi) is 3.88. The van der Waals surface area contributed by atoms with Crippen LogP contribution in [-0.2, 0) is 17.1 Å². The number of halogens is 6. The minimum absolute atomic E-state index is 0. The second-order valence-electron chi connectivity index (χ2n) is 0.958. The zero-order valence-electron chi connectivity index (χ0n) is 3.02. The standard InChI is InChI=1S/Cl6P.Cu/c1-7(2,3,4,5)6;/q-1;+1. The second-order valence-corrected chi connectivity index (χ2v) is 25.9. The molecule has 0 aliphatic heterocycles. The third-order valence-corrected chi connectivity index (χ3v) is 0. The van der Waals surface area contributed by atoms with Gasteiger partial charge in [-0.1, -0.05) is 0 Å². The van der Waals surface area contributed by atoms with E-state index in [4.69, 9.17) is 67.4 Å². The first-order valence-electron chi connectivity index (χ1n) is 1.01. The van der Waals surface area contributed by atoms with E-state index in [1.54, 1.807) is 0 Å². The fraction of sp³-hybridized carbons (Fsp3) is 0. The molecule has 0 radical (unpaired) electrons. The molecular formula is Cl6CuP. The van der Waals surface area contributed by atoms with Gasteiger partial charge in [0.1, 0.15) is 0 Å². The molecule has 0 bridgehead atoms. The van der Waals surface area contributed by atoms with Crippen LogP contribution in [0.5, 0.6) is 0 Å². The Bertz CT molecular complexity index is 67.1. The normalized spacial score (nSPS) is 20.2. The molecular weight excluding hydrogens is 307 g/mol. The molecule has 0 saturated heterocycles. The molecule has 0 spiro atoms. The van der Waals surface area contributed by atoms with E-state index in [2.05, 4.69) is 0 Å². The van der Waals surface area contributed by atoms with Gasteiger partial charge >= 0.3 is 86.6 Å². The van der Waals surface area contributed by atoms with Crippen molar-refractivity contribution in [2.45, 2.75) is 0 Å². The third kappa shape index (κ3) is 71.0. The molecule has 58 valence electrons. The zero-order chi connectivity index (χ0) is 6.41. The molecule has 0 heterocycles. The van der Waals surface area contributed by atoms with E-state index in [0.29, 0.717) is 0 Å². The van der Waals surface area contributed by atoms with Gasteiger partial charge in [-0.3, -0.25) is 0 Å². The van der Waals surface area contributed by atoms with Gasteiger partial charge in [-0.15, -0.1) is 0 Å². The SMILES string of the molecule is Cl[P-](Cl)(Cl)(Cl)(Cl)Cl.[Cu+]. The molecule has 0 atom stereocenters. The van der Waals surface area contributed by atoms with Gasteiger partial charge in [-0.05, 0) is 0 Å². The minimum Gasteiger partial charge on any atom is 1.00 e. The Labute approximate surface area is 85.8 Å². The molecule has 0 rings (SSSR count). The summed E-state index contributed by atoms with van der Waals surface area (Å²) in [5.74, 6) is 0. The van der Waals surface area contributed by atoms with Crippen LogP contribution in [0.2, 0.25) is 0 Å². The van der Waals surface area contributed by atoms with Crippen LogP contribution in [0.4, 0.5) is 0 Å². The van der Waals surface area contributed by atoms with Crippen molar-refractivity contribution in [1.29, 1.82) is 0 Å². The van der Waals surface area contributed by atoms with Gasteiger partial charge in [0.05, 0.1) is 0 Å². The average molecular weight is 307 g/mol. The molecule has 0 aromatic carbocycles. The molecule has 0 aromatic heterocycles. The summed E-state index contributed by atoms with van der Waals surface area (Å²) in [6.07, 6.45) is 0. The molecule has 8 heavy (non-hydrogen) atoms. The summed E-state index contributed by atoms with van der Waals surface area (Å²) >= 11 is 30.0. The van der Waals surface area contributed by atoms with Crippen LogP contribution in [-0.4, -0.2) is 0 Å². The van der Waals surface area contributed by atoms with E-state index in [0.717, 1.165) is 0 Å². The molecule has 0 saturated carbocycles. The molecule has 0 nitrogen and oxygen atoms in total. The first-order valence-corrected chi connectivity index (χ1v) is 9.13. The molecule has 0 unspecified atom stereocenters. The first-order chi connectivity index (χ1) is 2.45. The molecule has 0 fully saturated rings. The third-order valence-electron chi connectivity index (χ3n) is 0. The van der Waals surface area contributed by atoms with Gasteiger partial charge in [0.2, 0.25) is 0 Å². The maximum atomic E-state index is 5.00. The second kappa shape index (κ2) is 2.34. The maximum Gasteiger partial charge on any atom is 1.00 e. The smallest absolute Gasteiger partial charge is 1.00 e. The van der Waals surface area contributed by atoms with Gasteiger partial charge in [-0.2, -0.15) is 0 Å². The van der Waals surface area contributed by atoms with Crippen LogP contribution < -0.4 is 0 Å².